The summed E-state index contributed by atoms with van der Waals surface area (Å²) in [6, 6.07) is 15.9. The Kier molecular flexibility index (Phi) is 7.99. The number of fused-ring (bicyclic) bond motifs is 4. The molecule has 13 heteroatoms. The van der Waals surface area contributed by atoms with Gasteiger partial charge in [-0.3, -0.25) is 23.4 Å². The number of aromatic nitrogens is 4. The van der Waals surface area contributed by atoms with E-state index in [1.807, 2.05) is 24.3 Å². The molecule has 0 spiro atoms. The molecule has 1 amide bonds. The third kappa shape index (κ3) is 6.16. The van der Waals surface area contributed by atoms with Crippen LogP contribution in [0.1, 0.15) is 36.9 Å². The van der Waals surface area contributed by atoms with Crippen molar-refractivity contribution in [3.8, 4) is 23.0 Å². The molecule has 7 rings (SSSR count). The molecule has 0 aliphatic carbocycles. The van der Waals surface area contributed by atoms with Gasteiger partial charge in [-0.1, -0.05) is 30.3 Å². The van der Waals surface area contributed by atoms with Crippen LogP contribution < -0.4 is 35.4 Å². The quantitative estimate of drug-likeness (QED) is 0.130. The number of nitrogens with one attached hydrogen (secondary N) is 1. The Hall–Kier alpha value is -5.04. The van der Waals surface area contributed by atoms with Gasteiger partial charge in [-0.25, -0.2) is 9.97 Å². The molecule has 0 radical (unpaired) electrons. The topological polar surface area (TPSA) is 135 Å². The van der Waals surface area contributed by atoms with Crippen molar-refractivity contribution in [2.24, 2.45) is 0 Å². The maximum atomic E-state index is 13.7. The number of amides is 1. The van der Waals surface area contributed by atoms with Crippen molar-refractivity contribution in [2.45, 2.75) is 49.7 Å². The highest BCUT2D eigenvalue weighted by Gasteiger charge is 2.20. The van der Waals surface area contributed by atoms with Gasteiger partial charge in [0.1, 0.15) is 5.65 Å². The smallest absolute Gasteiger partial charge is 0.262 e. The average molecular weight is 628 g/mol. The van der Waals surface area contributed by atoms with Gasteiger partial charge >= 0.3 is 0 Å². The first kappa shape index (κ1) is 28.7. The highest BCUT2D eigenvalue weighted by molar-refractivity contribution is 7.98. The molecule has 1 N–H and O–H groups in total. The van der Waals surface area contributed by atoms with Crippen molar-refractivity contribution in [1.82, 2.24) is 24.3 Å². The van der Waals surface area contributed by atoms with Gasteiger partial charge in [-0.05, 0) is 48.7 Å². The molecule has 0 saturated heterocycles. The molecule has 230 valence electrons. The zero-order valence-electron chi connectivity index (χ0n) is 24.2. The van der Waals surface area contributed by atoms with Gasteiger partial charge in [0.25, 0.3) is 11.1 Å². The Morgan fingerprint density at radius 3 is 2.53 bits per heavy atom. The number of unbranched alkanes of at least 4 members (excludes halogenated alkanes) is 2. The number of pyridine rings is 1. The lowest BCUT2D eigenvalue weighted by molar-refractivity contribution is -0.121. The molecule has 5 heterocycles. The lowest BCUT2D eigenvalue weighted by Gasteiger charge is -2.14. The van der Waals surface area contributed by atoms with E-state index < -0.39 is 0 Å². The van der Waals surface area contributed by atoms with Crippen molar-refractivity contribution in [3.05, 3.63) is 92.8 Å². The van der Waals surface area contributed by atoms with Crippen LogP contribution in [0, 0.1) is 0 Å². The molecular weight excluding hydrogens is 598 g/mol. The molecule has 0 saturated carbocycles. The highest BCUT2D eigenvalue weighted by Crippen LogP contribution is 2.35. The summed E-state index contributed by atoms with van der Waals surface area (Å²) in [4.78, 5) is 48.2. The Morgan fingerprint density at radius 1 is 0.867 bits per heavy atom. The van der Waals surface area contributed by atoms with E-state index in [0.29, 0.717) is 88.5 Å². The molecule has 2 aliphatic heterocycles. The first-order valence-electron chi connectivity index (χ1n) is 14.6. The fourth-order valence-corrected chi connectivity index (χ4v) is 6.20. The SMILES string of the molecule is O=C(CCCCCn1c(SCc2cc(=O)n3ccccc3n2)nc2cc3c(cc2c1=O)OCO3)NCc1ccc2c(c1)OCO2. The standard InChI is InChI=1S/C32H29N5O7S/c38-29(33-16-20-8-9-24-25(12-20)42-18-41-24)7-2-1-4-11-37-31(40)22-14-26-27(44-19-43-26)15-23(22)35-32(37)45-17-21-13-30(39)36-10-5-3-6-28(36)34-21/h3,5-6,8-10,12-15H,1-2,4,7,11,16-19H2,(H,33,38). The van der Waals surface area contributed by atoms with Gasteiger partial charge < -0.3 is 24.3 Å². The van der Waals surface area contributed by atoms with Gasteiger partial charge in [0.2, 0.25) is 19.5 Å². The van der Waals surface area contributed by atoms with E-state index in [0.717, 1.165) is 12.0 Å². The second-order valence-corrected chi connectivity index (χ2v) is 11.6. The van der Waals surface area contributed by atoms with E-state index in [2.05, 4.69) is 10.3 Å². The van der Waals surface area contributed by atoms with E-state index in [4.69, 9.17) is 23.9 Å². The number of rotatable bonds is 11. The van der Waals surface area contributed by atoms with Crippen LogP contribution in [0.25, 0.3) is 16.6 Å². The van der Waals surface area contributed by atoms with E-state index >= 15 is 0 Å². The van der Waals surface area contributed by atoms with Crippen molar-refractivity contribution in [3.63, 3.8) is 0 Å². The molecule has 0 fully saturated rings. The molecule has 3 aromatic heterocycles. The van der Waals surface area contributed by atoms with E-state index in [-0.39, 0.29) is 30.6 Å². The molecule has 0 bridgehead atoms. The number of thioether (sulfide) groups is 1. The molecule has 0 atom stereocenters. The lowest BCUT2D eigenvalue weighted by Crippen LogP contribution is -2.24. The second kappa shape index (κ2) is 12.5. The number of carbonyl (C=O) groups is 1. The third-order valence-electron chi connectivity index (χ3n) is 7.60. The zero-order valence-corrected chi connectivity index (χ0v) is 25.0. The van der Waals surface area contributed by atoms with Crippen LogP contribution in [0.2, 0.25) is 0 Å². The van der Waals surface area contributed by atoms with Crippen molar-refractivity contribution in [1.29, 1.82) is 0 Å². The van der Waals surface area contributed by atoms with Crippen molar-refractivity contribution >= 4 is 34.2 Å². The Labute approximate surface area is 260 Å². The Balaban J connectivity index is 1.01. The molecule has 12 nitrogen and oxygen atoms in total. The van der Waals surface area contributed by atoms with Crippen LogP contribution in [0.4, 0.5) is 0 Å². The number of nitrogens with zero attached hydrogens (tertiary/aromatic N) is 4. The Bertz CT molecular complexity index is 2040. The third-order valence-corrected chi connectivity index (χ3v) is 8.61. The summed E-state index contributed by atoms with van der Waals surface area (Å²) in [6.45, 7) is 1.13. The van der Waals surface area contributed by atoms with Gasteiger partial charge in [0.15, 0.2) is 28.2 Å². The minimum absolute atomic E-state index is 0.0386. The molecule has 5 aromatic rings. The van der Waals surface area contributed by atoms with Crippen molar-refractivity contribution in [2.75, 3.05) is 13.6 Å². The summed E-state index contributed by atoms with van der Waals surface area (Å²) in [5, 5.41) is 3.90. The van der Waals surface area contributed by atoms with Crippen LogP contribution in [-0.4, -0.2) is 38.4 Å². The zero-order chi connectivity index (χ0) is 30.8. The van der Waals surface area contributed by atoms with E-state index in [1.165, 1.54) is 22.2 Å². The van der Waals surface area contributed by atoms with Gasteiger partial charge in [-0.15, -0.1) is 0 Å². The maximum absolute atomic E-state index is 13.7. The fourth-order valence-electron chi connectivity index (χ4n) is 5.29. The van der Waals surface area contributed by atoms with Gasteiger partial charge in [-0.2, -0.15) is 0 Å². The number of ether oxygens (including phenoxy) is 4. The molecule has 0 unspecified atom stereocenters. The van der Waals surface area contributed by atoms with Gasteiger partial charge in [0, 0.05) is 43.6 Å². The van der Waals surface area contributed by atoms with Crippen LogP contribution in [0.3, 0.4) is 0 Å². The summed E-state index contributed by atoms with van der Waals surface area (Å²) in [7, 11) is 0. The predicted molar refractivity (Wildman–Crippen MR) is 166 cm³/mol. The second-order valence-electron chi connectivity index (χ2n) is 10.7. The monoisotopic (exact) mass is 627 g/mol. The number of benzene rings is 2. The van der Waals surface area contributed by atoms with Crippen LogP contribution in [-0.2, 0) is 23.6 Å². The average Bonchev–Trinajstić information content (AvgIpc) is 3.72. The first-order valence-corrected chi connectivity index (χ1v) is 15.6. The van der Waals surface area contributed by atoms with Crippen molar-refractivity contribution < 1.29 is 23.7 Å². The Morgan fingerprint density at radius 2 is 1.67 bits per heavy atom. The van der Waals surface area contributed by atoms with Crippen LogP contribution >= 0.6 is 11.8 Å². The normalized spacial score (nSPS) is 13.1. The van der Waals surface area contributed by atoms with E-state index in [9.17, 15) is 14.4 Å². The summed E-state index contributed by atoms with van der Waals surface area (Å²) < 4.78 is 24.9. The maximum Gasteiger partial charge on any atom is 0.262 e. The number of carbonyl (C=O) groups excluding carboxylic acids is 1. The first-order chi connectivity index (χ1) is 22.0. The van der Waals surface area contributed by atoms with Crippen LogP contribution in [0.5, 0.6) is 23.0 Å². The van der Waals surface area contributed by atoms with E-state index in [1.54, 1.807) is 35.0 Å². The fraction of sp³-hybridized carbons (Fsp3) is 0.281. The lowest BCUT2D eigenvalue weighted by atomic mass is 10.1. The number of hydrogen-bond donors (Lipinski definition) is 1. The highest BCUT2D eigenvalue weighted by atomic mass is 32.2. The molecule has 45 heavy (non-hydrogen) atoms. The summed E-state index contributed by atoms with van der Waals surface area (Å²) in [5.74, 6) is 2.77. The summed E-state index contributed by atoms with van der Waals surface area (Å²) in [6.07, 6.45) is 4.16. The summed E-state index contributed by atoms with van der Waals surface area (Å²) >= 11 is 1.35. The minimum Gasteiger partial charge on any atom is -0.454 e. The largest absolute Gasteiger partial charge is 0.454 e. The number of hydrogen-bond acceptors (Lipinski definition) is 10. The predicted octanol–water partition coefficient (Wildman–Crippen LogP) is 4.03. The van der Waals surface area contributed by atoms with Gasteiger partial charge in [0.05, 0.1) is 16.6 Å². The summed E-state index contributed by atoms with van der Waals surface area (Å²) in [5.41, 5.74) is 2.23. The molecular formula is C32H29N5O7S. The molecule has 2 aromatic carbocycles. The minimum atomic E-state index is -0.186. The molecule has 2 aliphatic rings. The van der Waals surface area contributed by atoms with Crippen LogP contribution in [0.15, 0.2) is 75.5 Å².